The van der Waals surface area contributed by atoms with E-state index < -0.39 is 0 Å². The van der Waals surface area contributed by atoms with Crippen molar-refractivity contribution >= 4 is 38.6 Å². The van der Waals surface area contributed by atoms with Crippen molar-refractivity contribution in [1.82, 2.24) is 24.3 Å². The molecule has 0 spiro atoms. The molecule has 0 aliphatic rings. The lowest BCUT2D eigenvalue weighted by Crippen LogP contribution is -2.14. The second kappa shape index (κ2) is 5.18. The zero-order chi connectivity index (χ0) is 14.3. The third-order valence-electron chi connectivity index (χ3n) is 3.35. The van der Waals surface area contributed by atoms with Gasteiger partial charge in [0.1, 0.15) is 12.2 Å². The first kappa shape index (κ1) is 13.6. The number of nitrogens with zero attached hydrogens (tertiary/aromatic N) is 5. The summed E-state index contributed by atoms with van der Waals surface area (Å²) in [6, 6.07) is 6.05. The molecule has 20 heavy (non-hydrogen) atoms. The Balaban J connectivity index is 2.21. The van der Waals surface area contributed by atoms with E-state index in [1.165, 1.54) is 0 Å². The molecule has 0 N–H and O–H groups in total. The van der Waals surface area contributed by atoms with Crippen molar-refractivity contribution in [3.05, 3.63) is 40.6 Å². The molecule has 0 aliphatic heterocycles. The topological polar surface area (TPSA) is 48.5 Å². The zero-order valence-corrected chi connectivity index (χ0v) is 13.4. The number of aryl methyl sites for hydroxylation is 1. The highest BCUT2D eigenvalue weighted by Crippen LogP contribution is 2.27. The van der Waals surface area contributed by atoms with Crippen LogP contribution in [0.15, 0.2) is 29.0 Å². The normalized spacial score (nSPS) is 13.0. The Labute approximate surface area is 129 Å². The molecule has 0 amide bonds. The number of benzene rings is 1. The molecule has 3 rings (SSSR count). The van der Waals surface area contributed by atoms with Crippen molar-refractivity contribution in [2.24, 2.45) is 7.05 Å². The molecule has 2 heterocycles. The molecule has 0 bridgehead atoms. The Kier molecular flexibility index (Phi) is 3.52. The standard InChI is InChI=1S/C13H13BrClN5/c1-8(13-18-16-7-19(13)2)20-11-4-3-9(14)5-10(11)17-12(20)6-15/h3-5,7-8H,6H2,1-2H3. The molecule has 0 fully saturated rings. The molecule has 2 aromatic heterocycles. The van der Waals surface area contributed by atoms with E-state index in [1.54, 1.807) is 6.33 Å². The fraction of sp³-hybridized carbons (Fsp3) is 0.308. The minimum Gasteiger partial charge on any atom is -0.319 e. The molecule has 1 atom stereocenters. The van der Waals surface area contributed by atoms with Gasteiger partial charge in [0, 0.05) is 11.5 Å². The molecule has 7 heteroatoms. The Morgan fingerprint density at radius 2 is 2.20 bits per heavy atom. The SMILES string of the molecule is CC(c1nncn1C)n1c(CCl)nc2cc(Br)ccc21. The van der Waals surface area contributed by atoms with Gasteiger partial charge in [-0.1, -0.05) is 15.9 Å². The lowest BCUT2D eigenvalue weighted by atomic mass is 10.2. The van der Waals surface area contributed by atoms with Crippen LogP contribution in [-0.4, -0.2) is 24.3 Å². The molecule has 5 nitrogen and oxygen atoms in total. The van der Waals surface area contributed by atoms with Crippen LogP contribution in [0, 0.1) is 0 Å². The lowest BCUT2D eigenvalue weighted by molar-refractivity contribution is 0.572. The molecule has 104 valence electrons. The van der Waals surface area contributed by atoms with Gasteiger partial charge in [0.2, 0.25) is 0 Å². The lowest BCUT2D eigenvalue weighted by Gasteiger charge is -2.16. The van der Waals surface area contributed by atoms with Crippen molar-refractivity contribution in [1.29, 1.82) is 0 Å². The van der Waals surface area contributed by atoms with Crippen molar-refractivity contribution in [2.75, 3.05) is 0 Å². The van der Waals surface area contributed by atoms with Crippen molar-refractivity contribution in [2.45, 2.75) is 18.8 Å². The minimum absolute atomic E-state index is 0.0161. The van der Waals surface area contributed by atoms with E-state index in [0.717, 1.165) is 27.2 Å². The maximum atomic E-state index is 6.05. The average Bonchev–Trinajstić information content (AvgIpc) is 3.00. The van der Waals surface area contributed by atoms with E-state index in [0.29, 0.717) is 5.88 Å². The van der Waals surface area contributed by atoms with Crippen molar-refractivity contribution in [3.63, 3.8) is 0 Å². The summed E-state index contributed by atoms with van der Waals surface area (Å²) in [6.07, 6.45) is 1.70. The number of rotatable bonds is 3. The van der Waals surface area contributed by atoms with Crippen LogP contribution in [0.1, 0.15) is 24.6 Å². The predicted molar refractivity (Wildman–Crippen MR) is 81.8 cm³/mol. The van der Waals surface area contributed by atoms with Gasteiger partial charge in [-0.05, 0) is 25.1 Å². The zero-order valence-electron chi connectivity index (χ0n) is 11.1. The van der Waals surface area contributed by atoms with Crippen molar-refractivity contribution < 1.29 is 0 Å². The second-order valence-corrected chi connectivity index (χ2v) is 5.82. The summed E-state index contributed by atoms with van der Waals surface area (Å²) >= 11 is 9.52. The molecule has 3 aromatic rings. The molecular formula is C13H13BrClN5. The van der Waals surface area contributed by atoms with Gasteiger partial charge >= 0.3 is 0 Å². The van der Waals surface area contributed by atoms with Gasteiger partial charge in [0.05, 0.1) is 23.0 Å². The van der Waals surface area contributed by atoms with E-state index in [9.17, 15) is 0 Å². The van der Waals surface area contributed by atoms with Crippen LogP contribution in [0.2, 0.25) is 0 Å². The number of hydrogen-bond acceptors (Lipinski definition) is 3. The number of fused-ring (bicyclic) bond motifs is 1. The Morgan fingerprint density at radius 3 is 2.85 bits per heavy atom. The van der Waals surface area contributed by atoms with Gasteiger partial charge < -0.3 is 9.13 Å². The summed E-state index contributed by atoms with van der Waals surface area (Å²) in [4.78, 5) is 4.60. The summed E-state index contributed by atoms with van der Waals surface area (Å²) in [5.74, 6) is 2.06. The van der Waals surface area contributed by atoms with Crippen LogP contribution in [0.4, 0.5) is 0 Å². The summed E-state index contributed by atoms with van der Waals surface area (Å²) in [5.41, 5.74) is 1.96. The summed E-state index contributed by atoms with van der Waals surface area (Å²) in [7, 11) is 1.93. The number of halogens is 2. The van der Waals surface area contributed by atoms with Gasteiger partial charge in [-0.25, -0.2) is 4.98 Å². The first-order valence-electron chi connectivity index (χ1n) is 6.18. The van der Waals surface area contributed by atoms with Gasteiger partial charge in [0.15, 0.2) is 5.82 Å². The van der Waals surface area contributed by atoms with Gasteiger partial charge in [-0.3, -0.25) is 0 Å². The van der Waals surface area contributed by atoms with Gasteiger partial charge in [0.25, 0.3) is 0 Å². The number of imidazole rings is 1. The van der Waals surface area contributed by atoms with Crippen LogP contribution < -0.4 is 0 Å². The fourth-order valence-electron chi connectivity index (χ4n) is 2.43. The van der Waals surface area contributed by atoms with Gasteiger partial charge in [-0.15, -0.1) is 21.8 Å². The Bertz CT molecular complexity index is 763. The fourth-order valence-corrected chi connectivity index (χ4v) is 2.97. The predicted octanol–water partition coefficient (Wildman–Crippen LogP) is 3.28. The highest BCUT2D eigenvalue weighted by atomic mass is 79.9. The molecule has 0 radical (unpaired) electrons. The molecule has 1 unspecified atom stereocenters. The minimum atomic E-state index is 0.0161. The monoisotopic (exact) mass is 353 g/mol. The maximum Gasteiger partial charge on any atom is 0.155 e. The Morgan fingerprint density at radius 1 is 1.40 bits per heavy atom. The first-order valence-corrected chi connectivity index (χ1v) is 7.50. The maximum absolute atomic E-state index is 6.05. The number of hydrogen-bond donors (Lipinski definition) is 0. The summed E-state index contributed by atoms with van der Waals surface area (Å²) in [6.45, 7) is 2.07. The van der Waals surface area contributed by atoms with E-state index >= 15 is 0 Å². The van der Waals surface area contributed by atoms with Crippen LogP contribution >= 0.6 is 27.5 Å². The molecule has 0 aliphatic carbocycles. The highest BCUT2D eigenvalue weighted by molar-refractivity contribution is 9.10. The smallest absolute Gasteiger partial charge is 0.155 e. The average molecular weight is 355 g/mol. The third kappa shape index (κ3) is 2.13. The quantitative estimate of drug-likeness (QED) is 0.678. The van der Waals surface area contributed by atoms with Crippen LogP contribution in [0.25, 0.3) is 11.0 Å². The van der Waals surface area contributed by atoms with E-state index in [2.05, 4.69) is 42.6 Å². The molecule has 1 aromatic carbocycles. The molecular weight excluding hydrogens is 342 g/mol. The van der Waals surface area contributed by atoms with Gasteiger partial charge in [-0.2, -0.15) is 0 Å². The molecule has 0 saturated carbocycles. The largest absolute Gasteiger partial charge is 0.319 e. The summed E-state index contributed by atoms with van der Waals surface area (Å²) < 4.78 is 5.02. The van der Waals surface area contributed by atoms with E-state index in [-0.39, 0.29) is 6.04 Å². The van der Waals surface area contributed by atoms with Crippen LogP contribution in [0.3, 0.4) is 0 Å². The number of aromatic nitrogens is 5. The van der Waals surface area contributed by atoms with E-state index in [1.807, 2.05) is 29.8 Å². The van der Waals surface area contributed by atoms with Crippen molar-refractivity contribution in [3.8, 4) is 0 Å². The van der Waals surface area contributed by atoms with Crippen LogP contribution in [0.5, 0.6) is 0 Å². The Hall–Kier alpha value is -1.40. The first-order chi connectivity index (χ1) is 9.61. The molecule has 0 saturated heterocycles. The van der Waals surface area contributed by atoms with E-state index in [4.69, 9.17) is 11.6 Å². The summed E-state index contributed by atoms with van der Waals surface area (Å²) in [5, 5.41) is 8.12. The number of alkyl halides is 1. The third-order valence-corrected chi connectivity index (χ3v) is 4.08. The van der Waals surface area contributed by atoms with Crippen LogP contribution in [-0.2, 0) is 12.9 Å². The second-order valence-electron chi connectivity index (χ2n) is 4.64. The highest BCUT2D eigenvalue weighted by Gasteiger charge is 2.20.